The summed E-state index contributed by atoms with van der Waals surface area (Å²) in [5, 5.41) is 0. The van der Waals surface area contributed by atoms with Gasteiger partial charge in [0.05, 0.1) is 0 Å². The Labute approximate surface area is 107 Å². The molecule has 0 aliphatic carbocycles. The molecule has 0 radical (unpaired) electrons. The van der Waals surface area contributed by atoms with E-state index < -0.39 is 5.67 Å². The number of rotatable bonds is 4. The first-order valence-corrected chi connectivity index (χ1v) is 6.26. The van der Waals surface area contributed by atoms with Crippen LogP contribution in [0.15, 0.2) is 12.1 Å². The maximum absolute atomic E-state index is 14.3. The minimum absolute atomic E-state index is 0.203. The maximum atomic E-state index is 14.3. The summed E-state index contributed by atoms with van der Waals surface area (Å²) < 4.78 is 25.0. The lowest BCUT2D eigenvalue weighted by Crippen LogP contribution is -2.15. The van der Waals surface area contributed by atoms with Crippen molar-refractivity contribution in [2.75, 3.05) is 13.3 Å². The van der Waals surface area contributed by atoms with Gasteiger partial charge in [-0.2, -0.15) is 0 Å². The molecular weight excluding hydrogens is 233 g/mol. The van der Waals surface area contributed by atoms with Crippen molar-refractivity contribution in [3.8, 4) is 11.5 Å². The van der Waals surface area contributed by atoms with Crippen LogP contribution in [0, 0.1) is 0 Å². The largest absolute Gasteiger partial charge is 0.454 e. The second-order valence-corrected chi connectivity index (χ2v) is 5.24. The van der Waals surface area contributed by atoms with Crippen molar-refractivity contribution in [3.63, 3.8) is 0 Å². The Hall–Kier alpha value is -1.29. The lowest BCUT2D eigenvalue weighted by molar-refractivity contribution is 0.173. The van der Waals surface area contributed by atoms with Gasteiger partial charge in [0, 0.05) is 0 Å². The van der Waals surface area contributed by atoms with E-state index in [9.17, 15) is 4.39 Å². The van der Waals surface area contributed by atoms with E-state index in [1.807, 2.05) is 6.07 Å². The highest BCUT2D eigenvalue weighted by molar-refractivity contribution is 5.51. The molecule has 1 aliphatic heterocycles. The lowest BCUT2D eigenvalue weighted by Gasteiger charge is -2.23. The van der Waals surface area contributed by atoms with Gasteiger partial charge in [0.2, 0.25) is 6.79 Å². The molecular formula is C14H20FNO2. The van der Waals surface area contributed by atoms with Crippen molar-refractivity contribution >= 4 is 0 Å². The van der Waals surface area contributed by atoms with Crippen LogP contribution < -0.4 is 15.2 Å². The molecule has 1 heterocycles. The molecule has 2 rings (SSSR count). The molecule has 0 aromatic heterocycles. The minimum Gasteiger partial charge on any atom is -0.454 e. The van der Waals surface area contributed by atoms with Gasteiger partial charge in [0.1, 0.15) is 5.67 Å². The highest BCUT2D eigenvalue weighted by Gasteiger charge is 2.28. The maximum Gasteiger partial charge on any atom is 0.231 e. The Bertz CT molecular complexity index is 440. The summed E-state index contributed by atoms with van der Waals surface area (Å²) in [6.07, 6.45) is 0.822. The summed E-state index contributed by atoms with van der Waals surface area (Å²) in [7, 11) is 0. The van der Waals surface area contributed by atoms with E-state index in [1.54, 1.807) is 19.9 Å². The quantitative estimate of drug-likeness (QED) is 0.896. The van der Waals surface area contributed by atoms with Gasteiger partial charge in [-0.25, -0.2) is 4.39 Å². The molecule has 0 amide bonds. The van der Waals surface area contributed by atoms with E-state index >= 15 is 0 Å². The zero-order valence-electron chi connectivity index (χ0n) is 11.1. The van der Waals surface area contributed by atoms with E-state index in [1.165, 1.54) is 0 Å². The second kappa shape index (κ2) is 4.76. The van der Waals surface area contributed by atoms with Gasteiger partial charge >= 0.3 is 0 Å². The van der Waals surface area contributed by atoms with Gasteiger partial charge in [-0.3, -0.25) is 0 Å². The first kappa shape index (κ1) is 13.1. The average molecular weight is 253 g/mol. The highest BCUT2D eigenvalue weighted by Crippen LogP contribution is 2.42. The Kier molecular flexibility index (Phi) is 3.48. The summed E-state index contributed by atoms with van der Waals surface area (Å²) >= 11 is 0. The first-order valence-electron chi connectivity index (χ1n) is 6.26. The van der Waals surface area contributed by atoms with Gasteiger partial charge in [-0.15, -0.1) is 0 Å². The smallest absolute Gasteiger partial charge is 0.231 e. The van der Waals surface area contributed by atoms with E-state index in [-0.39, 0.29) is 12.7 Å². The van der Waals surface area contributed by atoms with Crippen molar-refractivity contribution in [3.05, 3.63) is 23.3 Å². The van der Waals surface area contributed by atoms with Crippen LogP contribution >= 0.6 is 0 Å². The van der Waals surface area contributed by atoms with E-state index in [2.05, 4.69) is 6.92 Å². The van der Waals surface area contributed by atoms with Crippen molar-refractivity contribution in [2.24, 2.45) is 5.73 Å². The number of ether oxygens (including phenoxy) is 2. The Morgan fingerprint density at radius 2 is 1.94 bits per heavy atom. The van der Waals surface area contributed by atoms with Gasteiger partial charge < -0.3 is 15.2 Å². The average Bonchev–Trinajstić information content (AvgIpc) is 2.73. The van der Waals surface area contributed by atoms with Crippen LogP contribution in [0.2, 0.25) is 0 Å². The summed E-state index contributed by atoms with van der Waals surface area (Å²) in [5.41, 5.74) is 5.80. The summed E-state index contributed by atoms with van der Waals surface area (Å²) in [4.78, 5) is 0. The van der Waals surface area contributed by atoms with E-state index in [0.29, 0.717) is 23.6 Å². The lowest BCUT2D eigenvalue weighted by atomic mass is 9.86. The molecule has 3 nitrogen and oxygen atoms in total. The number of benzene rings is 1. The van der Waals surface area contributed by atoms with Crippen LogP contribution in [-0.4, -0.2) is 13.3 Å². The predicted molar refractivity (Wildman–Crippen MR) is 68.8 cm³/mol. The summed E-state index contributed by atoms with van der Waals surface area (Å²) in [5.74, 6) is 1.52. The second-order valence-electron chi connectivity index (χ2n) is 5.24. The molecule has 1 unspecified atom stereocenters. The molecule has 0 bridgehead atoms. The van der Waals surface area contributed by atoms with Gasteiger partial charge in [0.25, 0.3) is 0 Å². The van der Waals surface area contributed by atoms with Crippen LogP contribution in [0.1, 0.15) is 44.2 Å². The van der Waals surface area contributed by atoms with Crippen molar-refractivity contribution < 1.29 is 13.9 Å². The van der Waals surface area contributed by atoms with Crippen LogP contribution in [0.4, 0.5) is 4.39 Å². The zero-order chi connectivity index (χ0) is 13.3. The van der Waals surface area contributed by atoms with Crippen molar-refractivity contribution in [2.45, 2.75) is 38.8 Å². The van der Waals surface area contributed by atoms with Crippen LogP contribution in [0.5, 0.6) is 11.5 Å². The number of halogens is 1. The van der Waals surface area contributed by atoms with Crippen molar-refractivity contribution in [1.29, 1.82) is 0 Å². The molecule has 100 valence electrons. The molecule has 4 heteroatoms. The summed E-state index contributed by atoms with van der Waals surface area (Å²) in [6.45, 7) is 5.96. The third kappa shape index (κ3) is 2.43. The van der Waals surface area contributed by atoms with Gasteiger partial charge in [0.15, 0.2) is 11.5 Å². The molecule has 0 spiro atoms. The fraction of sp³-hybridized carbons (Fsp3) is 0.571. The Morgan fingerprint density at radius 1 is 1.33 bits per heavy atom. The first-order chi connectivity index (χ1) is 8.43. The normalized spacial score (nSPS) is 15.8. The van der Waals surface area contributed by atoms with Gasteiger partial charge in [-0.1, -0.05) is 6.92 Å². The molecule has 1 aromatic carbocycles. The molecule has 0 saturated carbocycles. The van der Waals surface area contributed by atoms with Crippen LogP contribution in [0.25, 0.3) is 0 Å². The number of nitrogens with two attached hydrogens (primary N) is 1. The van der Waals surface area contributed by atoms with Crippen LogP contribution in [0.3, 0.4) is 0 Å². The third-order valence-corrected chi connectivity index (χ3v) is 3.32. The molecule has 18 heavy (non-hydrogen) atoms. The number of hydrogen-bond acceptors (Lipinski definition) is 3. The molecule has 0 saturated heterocycles. The van der Waals surface area contributed by atoms with Gasteiger partial charge in [-0.05, 0) is 56.0 Å². The number of fused-ring (bicyclic) bond motifs is 1. The summed E-state index contributed by atoms with van der Waals surface area (Å²) in [6, 6.07) is 3.64. The molecule has 1 aromatic rings. The highest BCUT2D eigenvalue weighted by atomic mass is 19.1. The fourth-order valence-corrected chi connectivity index (χ4v) is 2.29. The Morgan fingerprint density at radius 3 is 2.50 bits per heavy atom. The van der Waals surface area contributed by atoms with Crippen LogP contribution in [-0.2, 0) is 5.67 Å². The van der Waals surface area contributed by atoms with Crippen molar-refractivity contribution in [1.82, 2.24) is 0 Å². The SMILES string of the molecule is CC(CCN)c1cc2c(cc1C(C)(C)F)OCO2. The monoisotopic (exact) mass is 253 g/mol. The zero-order valence-corrected chi connectivity index (χ0v) is 11.1. The predicted octanol–water partition coefficient (Wildman–Crippen LogP) is 3.07. The molecule has 1 atom stereocenters. The molecule has 1 aliphatic rings. The third-order valence-electron chi connectivity index (χ3n) is 3.32. The number of alkyl halides is 1. The van der Waals surface area contributed by atoms with E-state index in [4.69, 9.17) is 15.2 Å². The Balaban J connectivity index is 2.48. The fourth-order valence-electron chi connectivity index (χ4n) is 2.29. The number of hydrogen-bond donors (Lipinski definition) is 1. The topological polar surface area (TPSA) is 44.5 Å². The standard InChI is InChI=1S/C14H20FNO2/c1-9(4-5-16)10-6-12-13(18-8-17-12)7-11(10)14(2,3)15/h6-7,9H,4-5,8,16H2,1-3H3. The minimum atomic E-state index is -1.40. The molecule has 0 fully saturated rings. The molecule has 2 N–H and O–H groups in total. The van der Waals surface area contributed by atoms with E-state index in [0.717, 1.165) is 12.0 Å².